The predicted molar refractivity (Wildman–Crippen MR) is 116 cm³/mol. The van der Waals surface area contributed by atoms with E-state index < -0.39 is 15.8 Å². The summed E-state index contributed by atoms with van der Waals surface area (Å²) in [6.45, 7) is 6.77. The first-order valence-electron chi connectivity index (χ1n) is 9.59. The van der Waals surface area contributed by atoms with Crippen molar-refractivity contribution in [2.45, 2.75) is 31.8 Å². The Morgan fingerprint density at radius 3 is 2.34 bits per heavy atom. The van der Waals surface area contributed by atoms with Crippen molar-refractivity contribution in [1.82, 2.24) is 9.62 Å². The zero-order valence-electron chi connectivity index (χ0n) is 16.8. The van der Waals surface area contributed by atoms with Crippen molar-refractivity contribution in [1.29, 1.82) is 0 Å². The van der Waals surface area contributed by atoms with Crippen LogP contribution in [0.25, 0.3) is 0 Å². The average Bonchev–Trinajstić information content (AvgIpc) is 2.76. The number of nitrogens with one attached hydrogen (secondary N) is 2. The van der Waals surface area contributed by atoms with E-state index in [9.17, 15) is 9.00 Å². The van der Waals surface area contributed by atoms with Crippen molar-refractivity contribution in [3.8, 4) is 0 Å². The Kier molecular flexibility index (Phi) is 8.98. The summed E-state index contributed by atoms with van der Waals surface area (Å²) in [4.78, 5) is 15.0. The highest BCUT2D eigenvalue weighted by Gasteiger charge is 2.16. The molecular weight excluding hydrogens is 390 g/mol. The van der Waals surface area contributed by atoms with E-state index in [2.05, 4.69) is 23.5 Å². The van der Waals surface area contributed by atoms with Crippen LogP contribution in [0.5, 0.6) is 0 Å². The summed E-state index contributed by atoms with van der Waals surface area (Å²) in [5.74, 6) is 0. The molecule has 158 valence electrons. The van der Waals surface area contributed by atoms with Gasteiger partial charge in [0, 0.05) is 6.54 Å². The summed E-state index contributed by atoms with van der Waals surface area (Å²) in [6.07, 6.45) is -0.207. The number of amides is 1. The highest BCUT2D eigenvalue weighted by molar-refractivity contribution is 8.00. The van der Waals surface area contributed by atoms with Gasteiger partial charge in [-0.2, -0.15) is 0 Å². The number of carbonyl (C=O) groups excluding carboxylic acids is 1. The molecule has 0 aliphatic carbocycles. The van der Waals surface area contributed by atoms with E-state index in [0.29, 0.717) is 17.0 Å². The normalized spacial score (nSPS) is 12.8. The maximum atomic E-state index is 13.6. The molecule has 1 unspecified atom stereocenters. The standard InChI is InChI=1S/C21H29N3O4S/c1-3-24(4-2)15-8-16-29(27,20-13-11-19(22-26)12-14-20)23-21(25)28-17-18-9-6-5-7-10-18/h5-7,9-14,16,22,26H,3-4,8,15,17H2,1-2H3,(H,23,25,27). The Morgan fingerprint density at radius 2 is 1.76 bits per heavy atom. The molecule has 1 amide bonds. The van der Waals surface area contributed by atoms with E-state index in [1.807, 2.05) is 35.8 Å². The fraction of sp³-hybridized carbons (Fsp3) is 0.333. The Bertz CT molecular complexity index is 875. The monoisotopic (exact) mass is 419 g/mol. The van der Waals surface area contributed by atoms with Crippen molar-refractivity contribution >= 4 is 26.9 Å². The summed E-state index contributed by atoms with van der Waals surface area (Å²) in [6, 6.07) is 15.7. The Morgan fingerprint density at radius 1 is 1.10 bits per heavy atom. The van der Waals surface area contributed by atoms with Crippen LogP contribution in [0.15, 0.2) is 59.5 Å². The van der Waals surface area contributed by atoms with Gasteiger partial charge in [0.1, 0.15) is 6.61 Å². The number of benzene rings is 2. The molecule has 0 heterocycles. The summed E-state index contributed by atoms with van der Waals surface area (Å²) >= 11 is 0. The molecule has 2 aromatic carbocycles. The highest BCUT2D eigenvalue weighted by Crippen LogP contribution is 2.15. The average molecular weight is 420 g/mol. The number of carbonyl (C=O) groups is 1. The predicted octanol–water partition coefficient (Wildman–Crippen LogP) is 3.51. The van der Waals surface area contributed by atoms with Crippen LogP contribution in [0.1, 0.15) is 25.8 Å². The number of hydrogen-bond donors (Lipinski definition) is 3. The number of hydrogen-bond acceptors (Lipinski definition) is 6. The van der Waals surface area contributed by atoms with Crippen LogP contribution in [0, 0.1) is 0 Å². The molecule has 0 saturated heterocycles. The third-order valence-corrected chi connectivity index (χ3v) is 6.62. The molecule has 2 rings (SSSR count). The maximum Gasteiger partial charge on any atom is 0.419 e. The van der Waals surface area contributed by atoms with E-state index in [-0.39, 0.29) is 6.61 Å². The smallest absolute Gasteiger partial charge is 0.419 e. The van der Waals surface area contributed by atoms with Crippen LogP contribution in [0.3, 0.4) is 0 Å². The van der Waals surface area contributed by atoms with Crippen LogP contribution < -0.4 is 10.2 Å². The molecule has 0 aliphatic rings. The second-order valence-corrected chi connectivity index (χ2v) is 8.59. The van der Waals surface area contributed by atoms with E-state index >= 15 is 0 Å². The topological polar surface area (TPSA) is 90.9 Å². The molecular formula is C21H29N3O4S. The van der Waals surface area contributed by atoms with E-state index in [0.717, 1.165) is 25.2 Å². The third kappa shape index (κ3) is 7.08. The van der Waals surface area contributed by atoms with Gasteiger partial charge in [-0.15, -0.1) is 0 Å². The molecule has 0 spiro atoms. The number of nitrogens with zero attached hydrogens (tertiary/aromatic N) is 1. The molecule has 0 radical (unpaired) electrons. The van der Waals surface area contributed by atoms with Crippen molar-refractivity contribution in [2.75, 3.05) is 25.1 Å². The van der Waals surface area contributed by atoms with E-state index in [1.165, 1.54) is 0 Å². The number of anilines is 1. The Hall–Kier alpha value is -2.55. The Labute approximate surface area is 172 Å². The van der Waals surface area contributed by atoms with Gasteiger partial charge in [-0.05, 0) is 54.7 Å². The molecule has 0 bridgehead atoms. The molecule has 2 aromatic rings. The molecule has 0 aliphatic heterocycles. The molecule has 29 heavy (non-hydrogen) atoms. The van der Waals surface area contributed by atoms with Crippen LogP contribution in [-0.4, -0.2) is 45.4 Å². The SMILES string of the molecule is CCN(CC)CCC=S(=O)(NC(=O)OCc1ccccc1)c1ccc(NO)cc1. The lowest BCUT2D eigenvalue weighted by Crippen LogP contribution is -2.33. The summed E-state index contributed by atoms with van der Waals surface area (Å²) in [7, 11) is -2.99. The lowest BCUT2D eigenvalue weighted by molar-refractivity contribution is 0.146. The van der Waals surface area contributed by atoms with Crippen LogP contribution in [-0.2, 0) is 21.1 Å². The van der Waals surface area contributed by atoms with Crippen molar-refractivity contribution in [2.24, 2.45) is 0 Å². The van der Waals surface area contributed by atoms with Crippen molar-refractivity contribution < 1.29 is 18.9 Å². The van der Waals surface area contributed by atoms with Gasteiger partial charge in [-0.3, -0.25) is 10.7 Å². The number of ether oxygens (including phenoxy) is 1. The van der Waals surface area contributed by atoms with Crippen LogP contribution in [0.4, 0.5) is 10.5 Å². The summed E-state index contributed by atoms with van der Waals surface area (Å²) in [5.41, 5.74) is 3.35. The first kappa shape index (κ1) is 22.7. The minimum Gasteiger partial charge on any atom is -0.444 e. The molecule has 0 aromatic heterocycles. The minimum absolute atomic E-state index is 0.0923. The summed E-state index contributed by atoms with van der Waals surface area (Å²) < 4.78 is 21.4. The fourth-order valence-electron chi connectivity index (χ4n) is 2.75. The number of rotatable bonds is 10. The first-order valence-corrected chi connectivity index (χ1v) is 11.2. The van der Waals surface area contributed by atoms with Gasteiger partial charge in [0.2, 0.25) is 0 Å². The summed E-state index contributed by atoms with van der Waals surface area (Å²) in [5, 5.41) is 10.6. The van der Waals surface area contributed by atoms with Gasteiger partial charge in [0.15, 0.2) is 0 Å². The van der Waals surface area contributed by atoms with Gasteiger partial charge < -0.3 is 9.64 Å². The third-order valence-electron chi connectivity index (χ3n) is 4.47. The Balaban J connectivity index is 2.16. The molecule has 7 nitrogen and oxygen atoms in total. The van der Waals surface area contributed by atoms with Gasteiger partial charge in [0.25, 0.3) is 0 Å². The minimum atomic E-state index is -2.99. The van der Waals surface area contributed by atoms with Crippen molar-refractivity contribution in [3.63, 3.8) is 0 Å². The van der Waals surface area contributed by atoms with Gasteiger partial charge in [0.05, 0.1) is 20.3 Å². The van der Waals surface area contributed by atoms with Gasteiger partial charge >= 0.3 is 6.09 Å². The molecule has 0 fully saturated rings. The highest BCUT2D eigenvalue weighted by atomic mass is 32.2. The van der Waals surface area contributed by atoms with Crippen molar-refractivity contribution in [3.05, 3.63) is 60.2 Å². The molecule has 8 heteroatoms. The maximum absolute atomic E-state index is 13.6. The van der Waals surface area contributed by atoms with Crippen LogP contribution in [0.2, 0.25) is 0 Å². The van der Waals surface area contributed by atoms with Gasteiger partial charge in [-0.25, -0.2) is 13.7 Å². The van der Waals surface area contributed by atoms with Crippen LogP contribution >= 0.6 is 0 Å². The lowest BCUT2D eigenvalue weighted by atomic mass is 10.2. The molecule has 0 saturated carbocycles. The zero-order chi connectivity index (χ0) is 21.1. The molecule has 1 atom stereocenters. The lowest BCUT2D eigenvalue weighted by Gasteiger charge is -2.18. The fourth-order valence-corrected chi connectivity index (χ4v) is 4.42. The van der Waals surface area contributed by atoms with Gasteiger partial charge in [-0.1, -0.05) is 44.2 Å². The zero-order valence-corrected chi connectivity index (χ0v) is 17.7. The first-order chi connectivity index (χ1) is 14.0. The van der Waals surface area contributed by atoms with E-state index in [1.54, 1.807) is 29.6 Å². The quantitative estimate of drug-likeness (QED) is 0.403. The second kappa shape index (κ2) is 11.5. The van der Waals surface area contributed by atoms with E-state index in [4.69, 9.17) is 9.94 Å². The molecule has 3 N–H and O–H groups in total. The second-order valence-electron chi connectivity index (χ2n) is 6.38. The largest absolute Gasteiger partial charge is 0.444 e.